The molecule has 2 rings (SSSR count). The minimum atomic E-state index is -3.72. The number of aliphatic hydroxyl groups excluding tert-OH is 1. The minimum Gasteiger partial charge on any atom is -0.481 e. The fourth-order valence-electron chi connectivity index (χ4n) is 1.76. The number of benzene rings is 1. The van der Waals surface area contributed by atoms with Gasteiger partial charge in [0.25, 0.3) is 10.0 Å². The van der Waals surface area contributed by atoms with Crippen molar-refractivity contribution < 1.29 is 18.3 Å². The molecule has 6 nitrogen and oxygen atoms in total. The third-order valence-electron chi connectivity index (χ3n) is 3.00. The highest BCUT2D eigenvalue weighted by atomic mass is 32.2. The first-order valence-corrected chi connectivity index (χ1v) is 7.68. The molecule has 0 saturated carbocycles. The fourth-order valence-corrected chi connectivity index (χ4v) is 2.85. The molecular weight excluding hydrogens is 292 g/mol. The average molecular weight is 308 g/mol. The molecule has 0 unspecified atom stereocenters. The van der Waals surface area contributed by atoms with Crippen molar-refractivity contribution in [2.75, 3.05) is 11.8 Å². The molecule has 0 fully saturated rings. The number of pyridine rings is 1. The van der Waals surface area contributed by atoms with Gasteiger partial charge in [0, 0.05) is 6.07 Å². The molecule has 1 heterocycles. The average Bonchev–Trinajstić information content (AvgIpc) is 2.48. The Morgan fingerprint density at radius 2 is 2.05 bits per heavy atom. The van der Waals surface area contributed by atoms with Crippen LogP contribution in [0.25, 0.3) is 0 Å². The van der Waals surface area contributed by atoms with Gasteiger partial charge in [-0.2, -0.15) is 0 Å². The summed E-state index contributed by atoms with van der Waals surface area (Å²) in [6.07, 6.45) is 1.37. The van der Waals surface area contributed by atoms with E-state index >= 15 is 0 Å². The Morgan fingerprint density at radius 1 is 1.29 bits per heavy atom. The Kier molecular flexibility index (Phi) is 4.44. The van der Waals surface area contributed by atoms with Crippen molar-refractivity contribution in [2.45, 2.75) is 18.4 Å². The van der Waals surface area contributed by atoms with Crippen LogP contribution < -0.4 is 9.46 Å². The summed E-state index contributed by atoms with van der Waals surface area (Å²) in [5.74, 6) is 0.399. The molecule has 1 aromatic heterocycles. The van der Waals surface area contributed by atoms with Gasteiger partial charge in [-0.3, -0.25) is 4.72 Å². The number of nitrogens with one attached hydrogen (secondary N) is 1. The van der Waals surface area contributed by atoms with Crippen LogP contribution in [0.5, 0.6) is 5.88 Å². The molecule has 0 radical (unpaired) electrons. The van der Waals surface area contributed by atoms with E-state index in [1.165, 1.54) is 25.4 Å². The van der Waals surface area contributed by atoms with E-state index in [9.17, 15) is 13.5 Å². The van der Waals surface area contributed by atoms with Crippen molar-refractivity contribution in [3.05, 3.63) is 47.7 Å². The van der Waals surface area contributed by atoms with Crippen LogP contribution >= 0.6 is 0 Å². The van der Waals surface area contributed by atoms with Crippen molar-refractivity contribution >= 4 is 15.7 Å². The molecule has 2 N–H and O–H groups in total. The number of hydrogen-bond acceptors (Lipinski definition) is 5. The number of sulfonamides is 1. The molecule has 0 aliphatic rings. The van der Waals surface area contributed by atoms with Gasteiger partial charge >= 0.3 is 0 Å². The molecular formula is C14H16N2O4S. The van der Waals surface area contributed by atoms with Gasteiger partial charge in [-0.1, -0.05) is 6.07 Å². The molecule has 0 amide bonds. The standard InChI is InChI=1S/C14H16N2O4S/c1-10-3-5-13(7-11(10)9-17)21(18,19)16-12-4-6-14(20-2)15-8-12/h3-8,16-17H,9H2,1-2H3. The van der Waals surface area contributed by atoms with Crippen molar-refractivity contribution in [1.82, 2.24) is 4.98 Å². The minimum absolute atomic E-state index is 0.0907. The van der Waals surface area contributed by atoms with E-state index in [-0.39, 0.29) is 11.5 Å². The Balaban J connectivity index is 2.29. The largest absolute Gasteiger partial charge is 0.481 e. The maximum absolute atomic E-state index is 12.3. The second-order valence-electron chi connectivity index (χ2n) is 4.44. The number of hydrogen-bond donors (Lipinski definition) is 2. The van der Waals surface area contributed by atoms with E-state index in [1.54, 1.807) is 18.2 Å². The van der Waals surface area contributed by atoms with Crippen molar-refractivity contribution in [3.8, 4) is 5.88 Å². The molecule has 0 spiro atoms. The zero-order valence-electron chi connectivity index (χ0n) is 11.7. The summed E-state index contributed by atoms with van der Waals surface area (Å²) in [6, 6.07) is 7.73. The Morgan fingerprint density at radius 3 is 2.62 bits per heavy atom. The van der Waals surface area contributed by atoms with E-state index in [0.717, 1.165) is 5.56 Å². The van der Waals surface area contributed by atoms with Crippen LogP contribution in [0.3, 0.4) is 0 Å². The predicted molar refractivity (Wildman–Crippen MR) is 78.7 cm³/mol. The van der Waals surface area contributed by atoms with E-state index in [1.807, 2.05) is 6.92 Å². The molecule has 0 aliphatic carbocycles. The smallest absolute Gasteiger partial charge is 0.261 e. The lowest BCUT2D eigenvalue weighted by Crippen LogP contribution is -2.13. The monoisotopic (exact) mass is 308 g/mol. The fraction of sp³-hybridized carbons (Fsp3) is 0.214. The molecule has 21 heavy (non-hydrogen) atoms. The number of ether oxygens (including phenoxy) is 1. The number of aryl methyl sites for hydroxylation is 1. The predicted octanol–water partition coefficient (Wildman–Crippen LogP) is 1.69. The lowest BCUT2D eigenvalue weighted by atomic mass is 10.1. The van der Waals surface area contributed by atoms with Gasteiger partial charge in [-0.25, -0.2) is 13.4 Å². The van der Waals surface area contributed by atoms with E-state index < -0.39 is 10.0 Å². The van der Waals surface area contributed by atoms with Crippen LogP contribution in [0.2, 0.25) is 0 Å². The molecule has 0 saturated heterocycles. The highest BCUT2D eigenvalue weighted by Crippen LogP contribution is 2.19. The van der Waals surface area contributed by atoms with Gasteiger partial charge in [-0.05, 0) is 36.2 Å². The van der Waals surface area contributed by atoms with Crippen molar-refractivity contribution in [3.63, 3.8) is 0 Å². The van der Waals surface area contributed by atoms with Gasteiger partial charge in [0.05, 0.1) is 30.5 Å². The Hall–Kier alpha value is -2.12. The van der Waals surface area contributed by atoms with E-state index in [4.69, 9.17) is 4.74 Å². The second kappa shape index (κ2) is 6.11. The van der Waals surface area contributed by atoms with Gasteiger partial charge < -0.3 is 9.84 Å². The van der Waals surface area contributed by atoms with Crippen LogP contribution in [-0.2, 0) is 16.6 Å². The number of methoxy groups -OCH3 is 1. The van der Waals surface area contributed by atoms with Gasteiger partial charge in [0.2, 0.25) is 5.88 Å². The normalized spacial score (nSPS) is 11.2. The Bertz CT molecular complexity index is 727. The van der Waals surface area contributed by atoms with E-state index in [2.05, 4.69) is 9.71 Å². The van der Waals surface area contributed by atoms with Crippen molar-refractivity contribution in [2.24, 2.45) is 0 Å². The maximum atomic E-state index is 12.3. The molecule has 0 aliphatic heterocycles. The third kappa shape index (κ3) is 3.50. The zero-order chi connectivity index (χ0) is 15.5. The number of aliphatic hydroxyl groups is 1. The summed E-state index contributed by atoms with van der Waals surface area (Å²) in [6.45, 7) is 1.60. The molecule has 112 valence electrons. The van der Waals surface area contributed by atoms with E-state index in [0.29, 0.717) is 17.1 Å². The Labute approximate surface area is 123 Å². The summed E-state index contributed by atoms with van der Waals surface area (Å²) < 4.78 is 31.9. The number of anilines is 1. The summed E-state index contributed by atoms with van der Waals surface area (Å²) >= 11 is 0. The van der Waals surface area contributed by atoms with Crippen LogP contribution in [0.15, 0.2) is 41.4 Å². The first-order valence-electron chi connectivity index (χ1n) is 6.19. The van der Waals surface area contributed by atoms with Crippen LogP contribution in [0, 0.1) is 6.92 Å². The van der Waals surface area contributed by atoms with Gasteiger partial charge in [-0.15, -0.1) is 0 Å². The molecule has 0 atom stereocenters. The third-order valence-corrected chi connectivity index (χ3v) is 4.38. The SMILES string of the molecule is COc1ccc(NS(=O)(=O)c2ccc(C)c(CO)c2)cn1. The number of rotatable bonds is 5. The summed E-state index contributed by atoms with van der Waals surface area (Å²) in [4.78, 5) is 4.02. The highest BCUT2D eigenvalue weighted by molar-refractivity contribution is 7.92. The molecule has 1 aromatic carbocycles. The molecule has 7 heteroatoms. The number of nitrogens with zero attached hydrogens (tertiary/aromatic N) is 1. The highest BCUT2D eigenvalue weighted by Gasteiger charge is 2.15. The molecule has 0 bridgehead atoms. The zero-order valence-corrected chi connectivity index (χ0v) is 12.5. The first-order chi connectivity index (χ1) is 9.96. The quantitative estimate of drug-likeness (QED) is 0.877. The van der Waals surface area contributed by atoms with Crippen molar-refractivity contribution in [1.29, 1.82) is 0 Å². The lowest BCUT2D eigenvalue weighted by molar-refractivity contribution is 0.281. The topological polar surface area (TPSA) is 88.5 Å². The first kappa shape index (κ1) is 15.3. The van der Waals surface area contributed by atoms with Gasteiger partial charge in [0.15, 0.2) is 0 Å². The molecule has 2 aromatic rings. The summed E-state index contributed by atoms with van der Waals surface area (Å²) in [5, 5.41) is 9.22. The lowest BCUT2D eigenvalue weighted by Gasteiger charge is -2.10. The van der Waals surface area contributed by atoms with Crippen LogP contribution in [0.1, 0.15) is 11.1 Å². The second-order valence-corrected chi connectivity index (χ2v) is 6.12. The number of aromatic nitrogens is 1. The summed E-state index contributed by atoms with van der Waals surface area (Å²) in [5.41, 5.74) is 1.75. The summed E-state index contributed by atoms with van der Waals surface area (Å²) in [7, 11) is -2.24. The van der Waals surface area contributed by atoms with Crippen LogP contribution in [-0.4, -0.2) is 25.6 Å². The van der Waals surface area contributed by atoms with Gasteiger partial charge in [0.1, 0.15) is 0 Å². The maximum Gasteiger partial charge on any atom is 0.261 e. The van der Waals surface area contributed by atoms with Crippen LogP contribution in [0.4, 0.5) is 5.69 Å².